The second-order valence-electron chi connectivity index (χ2n) is 3.09. The summed E-state index contributed by atoms with van der Waals surface area (Å²) in [6.07, 6.45) is 2.06. The normalized spacial score (nSPS) is 26.5. The summed E-state index contributed by atoms with van der Waals surface area (Å²) in [5.41, 5.74) is 7.53. The van der Waals surface area contributed by atoms with E-state index in [2.05, 4.69) is 5.48 Å². The van der Waals surface area contributed by atoms with Crippen molar-refractivity contribution in [1.82, 2.24) is 5.48 Å². The van der Waals surface area contributed by atoms with Crippen LogP contribution in [0, 0.1) is 0 Å². The molecule has 0 radical (unpaired) electrons. The highest BCUT2D eigenvalue weighted by atomic mass is 16.7. The summed E-state index contributed by atoms with van der Waals surface area (Å²) >= 11 is 0. The van der Waals surface area contributed by atoms with E-state index >= 15 is 0 Å². The number of nitrogens with one attached hydrogen (secondary N) is 1. The quantitative estimate of drug-likeness (QED) is 0.608. The van der Waals surface area contributed by atoms with Crippen LogP contribution in [-0.4, -0.2) is 18.2 Å². The van der Waals surface area contributed by atoms with Crippen LogP contribution in [0.15, 0.2) is 11.8 Å². The van der Waals surface area contributed by atoms with E-state index in [0.717, 1.165) is 6.42 Å². The van der Waals surface area contributed by atoms with E-state index in [1.165, 1.54) is 6.26 Å². The second kappa shape index (κ2) is 3.76. The zero-order chi connectivity index (χ0) is 9.90. The van der Waals surface area contributed by atoms with Crippen molar-refractivity contribution in [1.29, 1.82) is 0 Å². The molecule has 1 heterocycles. The van der Waals surface area contributed by atoms with Crippen LogP contribution in [0.4, 0.5) is 0 Å². The Hall–Kier alpha value is -1.07. The average Bonchev–Trinajstić information content (AvgIpc) is 2.41. The molecular weight excluding hydrogens is 172 g/mol. The summed E-state index contributed by atoms with van der Waals surface area (Å²) in [6.45, 7) is 3.96. The van der Waals surface area contributed by atoms with Crippen molar-refractivity contribution in [2.24, 2.45) is 5.73 Å². The first-order valence-corrected chi connectivity index (χ1v) is 4.17. The standard InChI is InChI=1S/C8H14N2O3/c1-3-4-12-7(11)6-5-13-10-8(6,2)9/h5,10H,3-4,9H2,1-2H3/t8-/m0/s1. The number of carbonyl (C=O) groups excluding carboxylic acids is 1. The first-order valence-electron chi connectivity index (χ1n) is 4.17. The first kappa shape index (κ1) is 10.0. The van der Waals surface area contributed by atoms with Gasteiger partial charge in [0.2, 0.25) is 0 Å². The van der Waals surface area contributed by atoms with Crippen LogP contribution in [0.3, 0.4) is 0 Å². The third-order valence-corrected chi connectivity index (χ3v) is 1.66. The second-order valence-corrected chi connectivity index (χ2v) is 3.09. The third-order valence-electron chi connectivity index (χ3n) is 1.66. The molecule has 1 atom stereocenters. The fourth-order valence-corrected chi connectivity index (χ4v) is 0.921. The van der Waals surface area contributed by atoms with Gasteiger partial charge in [-0.2, -0.15) is 0 Å². The molecule has 0 fully saturated rings. The van der Waals surface area contributed by atoms with E-state index in [-0.39, 0.29) is 0 Å². The smallest absolute Gasteiger partial charge is 0.340 e. The lowest BCUT2D eigenvalue weighted by Gasteiger charge is -2.18. The van der Waals surface area contributed by atoms with Crippen LogP contribution >= 0.6 is 0 Å². The first-order chi connectivity index (χ1) is 6.08. The number of hydrogen-bond acceptors (Lipinski definition) is 5. The highest BCUT2D eigenvalue weighted by Crippen LogP contribution is 2.17. The highest BCUT2D eigenvalue weighted by Gasteiger charge is 2.35. The average molecular weight is 186 g/mol. The van der Waals surface area contributed by atoms with Crippen molar-refractivity contribution in [2.75, 3.05) is 6.61 Å². The molecule has 1 rings (SSSR count). The Kier molecular flexibility index (Phi) is 2.90. The lowest BCUT2D eigenvalue weighted by Crippen LogP contribution is -2.50. The lowest BCUT2D eigenvalue weighted by atomic mass is 10.1. The molecule has 5 nitrogen and oxygen atoms in total. The van der Waals surface area contributed by atoms with E-state index in [1.54, 1.807) is 6.92 Å². The molecular formula is C8H14N2O3. The predicted molar refractivity (Wildman–Crippen MR) is 46.1 cm³/mol. The molecule has 0 aromatic heterocycles. The SMILES string of the molecule is CCCOC(=O)C1=CON[C@]1(C)N. The van der Waals surface area contributed by atoms with Crippen molar-refractivity contribution in [3.63, 3.8) is 0 Å². The Bertz CT molecular complexity index is 236. The number of rotatable bonds is 3. The number of ether oxygens (including phenoxy) is 1. The van der Waals surface area contributed by atoms with Crippen molar-refractivity contribution in [3.8, 4) is 0 Å². The van der Waals surface area contributed by atoms with Crippen molar-refractivity contribution in [2.45, 2.75) is 25.9 Å². The summed E-state index contributed by atoms with van der Waals surface area (Å²) in [5.74, 6) is -0.433. The molecule has 5 heteroatoms. The molecule has 0 aromatic carbocycles. The number of hydroxylamine groups is 1. The highest BCUT2D eigenvalue weighted by molar-refractivity contribution is 5.90. The van der Waals surface area contributed by atoms with E-state index in [0.29, 0.717) is 12.2 Å². The van der Waals surface area contributed by atoms with Gasteiger partial charge in [-0.05, 0) is 13.3 Å². The molecule has 0 aromatic rings. The van der Waals surface area contributed by atoms with E-state index in [9.17, 15) is 4.79 Å². The van der Waals surface area contributed by atoms with E-state index in [1.807, 2.05) is 6.92 Å². The minimum Gasteiger partial charge on any atom is -0.462 e. The van der Waals surface area contributed by atoms with Gasteiger partial charge in [0.25, 0.3) is 0 Å². The van der Waals surface area contributed by atoms with E-state index < -0.39 is 11.6 Å². The monoisotopic (exact) mass is 186 g/mol. The fraction of sp³-hybridized carbons (Fsp3) is 0.625. The number of hydrogen-bond donors (Lipinski definition) is 2. The molecule has 0 saturated carbocycles. The maximum atomic E-state index is 11.3. The van der Waals surface area contributed by atoms with Gasteiger partial charge in [-0.3, -0.25) is 0 Å². The van der Waals surface area contributed by atoms with E-state index in [4.69, 9.17) is 15.3 Å². The summed E-state index contributed by atoms with van der Waals surface area (Å²) < 4.78 is 4.90. The largest absolute Gasteiger partial charge is 0.462 e. The molecule has 74 valence electrons. The Morgan fingerprint density at radius 2 is 2.54 bits per heavy atom. The summed E-state index contributed by atoms with van der Waals surface area (Å²) in [6, 6.07) is 0. The molecule has 0 amide bonds. The van der Waals surface area contributed by atoms with Gasteiger partial charge in [-0.15, -0.1) is 5.48 Å². The molecule has 0 bridgehead atoms. The van der Waals surface area contributed by atoms with Gasteiger partial charge < -0.3 is 15.3 Å². The number of esters is 1. The maximum Gasteiger partial charge on any atom is 0.340 e. The van der Waals surface area contributed by atoms with Crippen LogP contribution in [0.5, 0.6) is 0 Å². The molecule has 0 spiro atoms. The molecule has 0 unspecified atom stereocenters. The molecule has 13 heavy (non-hydrogen) atoms. The minimum absolute atomic E-state index is 0.306. The van der Waals surface area contributed by atoms with Gasteiger partial charge in [0.1, 0.15) is 17.5 Å². The fourth-order valence-electron chi connectivity index (χ4n) is 0.921. The topological polar surface area (TPSA) is 73.6 Å². The summed E-state index contributed by atoms with van der Waals surface area (Å²) in [5, 5.41) is 0. The summed E-state index contributed by atoms with van der Waals surface area (Å²) in [4.78, 5) is 16.1. The number of nitrogens with two attached hydrogens (primary N) is 1. The Labute approximate surface area is 76.8 Å². The van der Waals surface area contributed by atoms with Crippen molar-refractivity contribution in [3.05, 3.63) is 11.8 Å². The van der Waals surface area contributed by atoms with Gasteiger partial charge in [-0.1, -0.05) is 6.92 Å². The Morgan fingerprint density at radius 3 is 3.00 bits per heavy atom. The molecule has 3 N–H and O–H groups in total. The Balaban J connectivity index is 2.56. The minimum atomic E-state index is -0.954. The molecule has 0 aliphatic carbocycles. The predicted octanol–water partition coefficient (Wildman–Crippen LogP) is 0.0332. The van der Waals surface area contributed by atoms with Crippen LogP contribution < -0.4 is 11.2 Å². The van der Waals surface area contributed by atoms with Gasteiger partial charge in [0.15, 0.2) is 0 Å². The van der Waals surface area contributed by atoms with Gasteiger partial charge >= 0.3 is 5.97 Å². The van der Waals surface area contributed by atoms with Crippen molar-refractivity contribution >= 4 is 5.97 Å². The third kappa shape index (κ3) is 2.19. The number of carbonyl (C=O) groups is 1. The zero-order valence-corrected chi connectivity index (χ0v) is 7.79. The molecule has 1 aliphatic rings. The van der Waals surface area contributed by atoms with Crippen LogP contribution in [0.1, 0.15) is 20.3 Å². The lowest BCUT2D eigenvalue weighted by molar-refractivity contribution is -0.139. The van der Waals surface area contributed by atoms with Gasteiger partial charge in [-0.25, -0.2) is 4.79 Å². The molecule has 0 saturated heterocycles. The van der Waals surface area contributed by atoms with Crippen LogP contribution in [0.25, 0.3) is 0 Å². The van der Waals surface area contributed by atoms with Gasteiger partial charge in [0, 0.05) is 0 Å². The van der Waals surface area contributed by atoms with Crippen LogP contribution in [0.2, 0.25) is 0 Å². The van der Waals surface area contributed by atoms with Crippen molar-refractivity contribution < 1.29 is 14.4 Å². The van der Waals surface area contributed by atoms with Crippen LogP contribution in [-0.2, 0) is 14.4 Å². The zero-order valence-electron chi connectivity index (χ0n) is 7.79. The van der Waals surface area contributed by atoms with Gasteiger partial charge in [0.05, 0.1) is 6.61 Å². The summed E-state index contributed by atoms with van der Waals surface area (Å²) in [7, 11) is 0. The molecule has 1 aliphatic heterocycles. The maximum absolute atomic E-state index is 11.3. The Morgan fingerprint density at radius 1 is 1.85 bits per heavy atom.